The molecule has 0 aromatic carbocycles. The third-order valence-corrected chi connectivity index (χ3v) is 2.35. The maximum atomic E-state index is 5.26. The summed E-state index contributed by atoms with van der Waals surface area (Å²) in [5.41, 5.74) is 0. The van der Waals surface area contributed by atoms with E-state index in [1.807, 2.05) is 6.92 Å². The molecule has 0 bridgehead atoms. The summed E-state index contributed by atoms with van der Waals surface area (Å²) in [6.07, 6.45) is 4.58. The van der Waals surface area contributed by atoms with E-state index in [1.165, 1.54) is 6.42 Å². The fourth-order valence-electron chi connectivity index (χ4n) is 1.35. The van der Waals surface area contributed by atoms with Crippen molar-refractivity contribution in [3.8, 4) is 5.88 Å². The monoisotopic (exact) mass is 193 g/mol. The van der Waals surface area contributed by atoms with Crippen LogP contribution in [0.25, 0.3) is 0 Å². The Morgan fingerprint density at radius 1 is 1.57 bits per heavy atom. The van der Waals surface area contributed by atoms with Gasteiger partial charge in [-0.05, 0) is 19.3 Å². The Kier molecular flexibility index (Phi) is 2.52. The Labute approximate surface area is 83.7 Å². The molecule has 76 valence electrons. The molecular formula is C10H15N3O. The lowest BCUT2D eigenvalue weighted by molar-refractivity contribution is 0.325. The zero-order chi connectivity index (χ0) is 9.97. The molecule has 0 amide bonds. The highest BCUT2D eigenvalue weighted by atomic mass is 16.5. The highest BCUT2D eigenvalue weighted by Gasteiger charge is 2.32. The van der Waals surface area contributed by atoms with Crippen molar-refractivity contribution in [2.24, 2.45) is 5.92 Å². The van der Waals surface area contributed by atoms with Crippen molar-refractivity contribution in [1.82, 2.24) is 9.97 Å². The fourth-order valence-corrected chi connectivity index (χ4v) is 1.35. The van der Waals surface area contributed by atoms with E-state index < -0.39 is 0 Å². The van der Waals surface area contributed by atoms with Crippen LogP contribution < -0.4 is 10.1 Å². The summed E-state index contributed by atoms with van der Waals surface area (Å²) in [5.74, 6) is 2.16. The Bertz CT molecular complexity index is 316. The maximum absolute atomic E-state index is 5.26. The van der Waals surface area contributed by atoms with Crippen LogP contribution in [0.15, 0.2) is 12.4 Å². The second-order valence-corrected chi connectivity index (χ2v) is 3.64. The van der Waals surface area contributed by atoms with Gasteiger partial charge in [0.05, 0.1) is 19.0 Å². The molecule has 4 nitrogen and oxygen atoms in total. The molecule has 2 rings (SSSR count). The smallest absolute Gasteiger partial charge is 0.234 e. The highest BCUT2D eigenvalue weighted by molar-refractivity contribution is 5.36. The summed E-state index contributed by atoms with van der Waals surface area (Å²) in [6, 6.07) is 0.571. The summed E-state index contributed by atoms with van der Waals surface area (Å²) in [6.45, 7) is 4.78. The summed E-state index contributed by atoms with van der Waals surface area (Å²) >= 11 is 0. The number of ether oxygens (including phenoxy) is 1. The minimum atomic E-state index is 0.571. The second-order valence-electron chi connectivity index (χ2n) is 3.64. The molecule has 1 N–H and O–H groups in total. The number of rotatable bonds is 4. The predicted molar refractivity (Wildman–Crippen MR) is 54.4 cm³/mol. The Balaban J connectivity index is 1.99. The minimum Gasteiger partial charge on any atom is -0.477 e. The number of hydrogen-bond acceptors (Lipinski definition) is 4. The van der Waals surface area contributed by atoms with Gasteiger partial charge in [-0.2, -0.15) is 4.98 Å². The molecule has 1 heterocycles. The van der Waals surface area contributed by atoms with Gasteiger partial charge in [0.25, 0.3) is 0 Å². The third-order valence-electron chi connectivity index (χ3n) is 2.35. The van der Waals surface area contributed by atoms with Crippen LogP contribution in [0.2, 0.25) is 0 Å². The van der Waals surface area contributed by atoms with Gasteiger partial charge in [0.1, 0.15) is 5.82 Å². The molecular weight excluding hydrogens is 178 g/mol. The van der Waals surface area contributed by atoms with E-state index in [0.29, 0.717) is 18.5 Å². The van der Waals surface area contributed by atoms with Crippen molar-refractivity contribution < 1.29 is 4.74 Å². The lowest BCUT2D eigenvalue weighted by Gasteiger charge is -2.05. The van der Waals surface area contributed by atoms with Gasteiger partial charge in [0.15, 0.2) is 0 Å². The summed E-state index contributed by atoms with van der Waals surface area (Å²) < 4.78 is 5.26. The predicted octanol–water partition coefficient (Wildman–Crippen LogP) is 1.70. The molecule has 0 spiro atoms. The van der Waals surface area contributed by atoms with Gasteiger partial charge in [-0.15, -0.1) is 0 Å². The Morgan fingerprint density at radius 2 is 2.36 bits per heavy atom. The van der Waals surface area contributed by atoms with Gasteiger partial charge >= 0.3 is 0 Å². The first kappa shape index (κ1) is 9.24. The van der Waals surface area contributed by atoms with E-state index in [1.54, 1.807) is 12.4 Å². The molecule has 14 heavy (non-hydrogen) atoms. The average molecular weight is 193 g/mol. The zero-order valence-corrected chi connectivity index (χ0v) is 8.53. The first-order valence-corrected chi connectivity index (χ1v) is 5.01. The van der Waals surface area contributed by atoms with Crippen LogP contribution in [-0.4, -0.2) is 22.6 Å². The molecule has 1 aliphatic carbocycles. The standard InChI is InChI=1S/C10H15N3O/c1-3-14-10-6-11-5-9(13-10)12-8-4-7(8)2/h5-8H,3-4H2,1-2H3,(H,12,13)/t7-,8-/m1/s1. The molecule has 1 aromatic heterocycles. The van der Waals surface area contributed by atoms with Crippen molar-refractivity contribution in [2.75, 3.05) is 11.9 Å². The van der Waals surface area contributed by atoms with Gasteiger partial charge < -0.3 is 10.1 Å². The number of hydrogen-bond donors (Lipinski definition) is 1. The van der Waals surface area contributed by atoms with Crippen molar-refractivity contribution in [1.29, 1.82) is 0 Å². The van der Waals surface area contributed by atoms with Crippen LogP contribution in [0.3, 0.4) is 0 Å². The second kappa shape index (κ2) is 3.82. The molecule has 1 fully saturated rings. The average Bonchev–Trinajstić information content (AvgIpc) is 2.83. The number of nitrogens with one attached hydrogen (secondary N) is 1. The number of aromatic nitrogens is 2. The van der Waals surface area contributed by atoms with E-state index in [-0.39, 0.29) is 0 Å². The molecule has 1 saturated carbocycles. The molecule has 0 radical (unpaired) electrons. The van der Waals surface area contributed by atoms with Crippen molar-refractivity contribution in [3.05, 3.63) is 12.4 Å². The number of anilines is 1. The molecule has 0 saturated heterocycles. The van der Waals surface area contributed by atoms with Crippen molar-refractivity contribution >= 4 is 5.82 Å². The summed E-state index contributed by atoms with van der Waals surface area (Å²) in [4.78, 5) is 8.34. The van der Waals surface area contributed by atoms with Crippen LogP contribution in [0.1, 0.15) is 20.3 Å². The largest absolute Gasteiger partial charge is 0.477 e. The third kappa shape index (κ3) is 2.13. The van der Waals surface area contributed by atoms with Gasteiger partial charge in [-0.3, -0.25) is 4.98 Å². The minimum absolute atomic E-state index is 0.571. The molecule has 1 aromatic rings. The lowest BCUT2D eigenvalue weighted by Crippen LogP contribution is -2.06. The van der Waals surface area contributed by atoms with Crippen LogP contribution >= 0.6 is 0 Å². The van der Waals surface area contributed by atoms with E-state index in [4.69, 9.17) is 4.74 Å². The summed E-state index contributed by atoms with van der Waals surface area (Å²) in [7, 11) is 0. The normalized spacial score (nSPS) is 24.4. The van der Waals surface area contributed by atoms with Crippen LogP contribution in [0, 0.1) is 5.92 Å². The SMILES string of the molecule is CCOc1cncc(N[C@@H]2C[C@H]2C)n1. The van der Waals surface area contributed by atoms with E-state index in [0.717, 1.165) is 11.7 Å². The van der Waals surface area contributed by atoms with E-state index in [9.17, 15) is 0 Å². The van der Waals surface area contributed by atoms with Crippen LogP contribution in [0.5, 0.6) is 5.88 Å². The molecule has 0 aliphatic heterocycles. The fraction of sp³-hybridized carbons (Fsp3) is 0.600. The Hall–Kier alpha value is -1.32. The lowest BCUT2D eigenvalue weighted by atomic mass is 10.5. The molecule has 2 atom stereocenters. The van der Waals surface area contributed by atoms with Gasteiger partial charge in [-0.25, -0.2) is 0 Å². The molecule has 4 heteroatoms. The first-order chi connectivity index (χ1) is 6.79. The highest BCUT2D eigenvalue weighted by Crippen LogP contribution is 2.32. The molecule has 1 aliphatic rings. The zero-order valence-electron chi connectivity index (χ0n) is 8.53. The van der Waals surface area contributed by atoms with Gasteiger partial charge in [0.2, 0.25) is 5.88 Å². The first-order valence-electron chi connectivity index (χ1n) is 5.01. The summed E-state index contributed by atoms with van der Waals surface area (Å²) in [5, 5.41) is 3.31. The maximum Gasteiger partial charge on any atom is 0.234 e. The van der Waals surface area contributed by atoms with Crippen LogP contribution in [0.4, 0.5) is 5.82 Å². The van der Waals surface area contributed by atoms with Crippen molar-refractivity contribution in [3.63, 3.8) is 0 Å². The van der Waals surface area contributed by atoms with Gasteiger partial charge in [0, 0.05) is 6.04 Å². The Morgan fingerprint density at radius 3 is 3.00 bits per heavy atom. The molecule has 0 unspecified atom stereocenters. The topological polar surface area (TPSA) is 47.0 Å². The van der Waals surface area contributed by atoms with Gasteiger partial charge in [-0.1, -0.05) is 6.92 Å². The van der Waals surface area contributed by atoms with Crippen LogP contribution in [-0.2, 0) is 0 Å². The van der Waals surface area contributed by atoms with E-state index in [2.05, 4.69) is 22.2 Å². The quantitative estimate of drug-likeness (QED) is 0.790. The van der Waals surface area contributed by atoms with Crippen molar-refractivity contribution in [2.45, 2.75) is 26.3 Å². The number of nitrogens with zero attached hydrogens (tertiary/aromatic N) is 2. The van der Waals surface area contributed by atoms with E-state index >= 15 is 0 Å².